The molecule has 0 spiro atoms. The molecular weight excluding hydrogens is 453 g/mol. The largest absolute Gasteiger partial charge is 0.496 e. The predicted molar refractivity (Wildman–Crippen MR) is 108 cm³/mol. The van der Waals surface area contributed by atoms with Gasteiger partial charge in [-0.3, -0.25) is 24.5 Å². The molecule has 3 rings (SSSR count). The molecule has 14 heteroatoms. The first-order valence-electron chi connectivity index (χ1n) is 8.83. The molecule has 168 valence electrons. The smallest absolute Gasteiger partial charge is 0.406 e. The third-order valence-corrected chi connectivity index (χ3v) is 4.97. The number of pyridine rings is 1. The molecule has 1 aromatic carbocycles. The van der Waals surface area contributed by atoms with E-state index in [2.05, 4.69) is 20.5 Å². The minimum Gasteiger partial charge on any atom is -0.496 e. The lowest BCUT2D eigenvalue weighted by molar-refractivity contribution is -0.384. The zero-order valence-electron chi connectivity index (χ0n) is 16.4. The molecule has 0 aliphatic carbocycles. The number of thioether (sulfide) groups is 1. The van der Waals surface area contributed by atoms with Crippen molar-refractivity contribution in [2.24, 2.45) is 0 Å². The van der Waals surface area contributed by atoms with Gasteiger partial charge in [0.1, 0.15) is 18.0 Å². The van der Waals surface area contributed by atoms with Gasteiger partial charge in [-0.2, -0.15) is 13.2 Å². The molecular formula is C18H15F3N6O4S. The molecule has 2 heterocycles. The second-order valence-electron chi connectivity index (χ2n) is 6.22. The van der Waals surface area contributed by atoms with Gasteiger partial charge in [0.2, 0.25) is 5.91 Å². The first-order valence-corrected chi connectivity index (χ1v) is 9.82. The van der Waals surface area contributed by atoms with Crippen LogP contribution in [0.2, 0.25) is 0 Å². The Bertz CT molecular complexity index is 1120. The number of nitrogens with zero attached hydrogens (tertiary/aromatic N) is 5. The van der Waals surface area contributed by atoms with Crippen molar-refractivity contribution in [2.45, 2.75) is 17.9 Å². The first kappa shape index (κ1) is 23.0. The molecule has 0 atom stereocenters. The van der Waals surface area contributed by atoms with Crippen molar-refractivity contribution >= 4 is 29.0 Å². The van der Waals surface area contributed by atoms with Gasteiger partial charge in [-0.1, -0.05) is 11.8 Å². The summed E-state index contributed by atoms with van der Waals surface area (Å²) < 4.78 is 45.1. The maximum Gasteiger partial charge on any atom is 0.406 e. The maximum atomic E-state index is 13.1. The summed E-state index contributed by atoms with van der Waals surface area (Å²) in [5, 5.41) is 21.1. The summed E-state index contributed by atoms with van der Waals surface area (Å²) in [5.41, 5.74) is -0.0829. The van der Waals surface area contributed by atoms with Crippen LogP contribution in [-0.2, 0) is 11.3 Å². The normalized spacial score (nSPS) is 11.2. The van der Waals surface area contributed by atoms with Crippen LogP contribution in [0.3, 0.4) is 0 Å². The monoisotopic (exact) mass is 468 g/mol. The van der Waals surface area contributed by atoms with Gasteiger partial charge in [0, 0.05) is 18.0 Å². The van der Waals surface area contributed by atoms with Crippen molar-refractivity contribution in [3.63, 3.8) is 0 Å². The van der Waals surface area contributed by atoms with Crippen LogP contribution in [0.5, 0.6) is 5.75 Å². The molecule has 0 fully saturated rings. The van der Waals surface area contributed by atoms with Crippen LogP contribution in [0.4, 0.5) is 24.5 Å². The fourth-order valence-corrected chi connectivity index (χ4v) is 3.38. The fraction of sp³-hybridized carbons (Fsp3) is 0.222. The molecule has 0 bridgehead atoms. The molecule has 0 saturated carbocycles. The summed E-state index contributed by atoms with van der Waals surface area (Å²) >= 11 is 0.720. The van der Waals surface area contributed by atoms with E-state index in [9.17, 15) is 28.1 Å². The second-order valence-corrected chi connectivity index (χ2v) is 7.16. The van der Waals surface area contributed by atoms with E-state index in [4.69, 9.17) is 4.74 Å². The van der Waals surface area contributed by atoms with Gasteiger partial charge in [-0.15, -0.1) is 10.2 Å². The van der Waals surface area contributed by atoms with E-state index in [1.165, 1.54) is 43.8 Å². The molecule has 2 aromatic heterocycles. The first-order chi connectivity index (χ1) is 15.2. The molecule has 0 radical (unpaired) electrons. The minimum absolute atomic E-state index is 0.0292. The quantitative estimate of drug-likeness (QED) is 0.302. The third kappa shape index (κ3) is 5.72. The highest BCUT2D eigenvalue weighted by molar-refractivity contribution is 7.99. The van der Waals surface area contributed by atoms with E-state index in [0.717, 1.165) is 22.4 Å². The zero-order chi connectivity index (χ0) is 23.3. The Morgan fingerprint density at radius 2 is 1.97 bits per heavy atom. The topological polar surface area (TPSA) is 125 Å². The van der Waals surface area contributed by atoms with E-state index in [1.807, 2.05) is 0 Å². The average molecular weight is 468 g/mol. The third-order valence-electron chi connectivity index (χ3n) is 4.00. The van der Waals surface area contributed by atoms with Crippen LogP contribution >= 0.6 is 11.8 Å². The number of carbonyl (C=O) groups is 1. The Labute approximate surface area is 183 Å². The number of nitrogens with one attached hydrogen (secondary N) is 1. The van der Waals surface area contributed by atoms with E-state index in [0.29, 0.717) is 5.56 Å². The summed E-state index contributed by atoms with van der Waals surface area (Å²) in [5.74, 6) is -0.822. The van der Waals surface area contributed by atoms with Crippen LogP contribution in [0.15, 0.2) is 47.9 Å². The Balaban J connectivity index is 1.78. The van der Waals surface area contributed by atoms with E-state index >= 15 is 0 Å². The number of amides is 1. The Hall–Kier alpha value is -3.68. The molecule has 0 aliphatic heterocycles. The molecule has 1 amide bonds. The molecule has 1 N–H and O–H groups in total. The second kappa shape index (κ2) is 9.64. The van der Waals surface area contributed by atoms with Crippen LogP contribution in [-0.4, -0.2) is 49.6 Å². The number of aromatic nitrogens is 4. The number of halogens is 3. The predicted octanol–water partition coefficient (Wildman–Crippen LogP) is 3.55. The number of ether oxygens (including phenoxy) is 1. The van der Waals surface area contributed by atoms with Crippen LogP contribution in [0.25, 0.3) is 11.4 Å². The van der Waals surface area contributed by atoms with Crippen molar-refractivity contribution in [1.29, 1.82) is 0 Å². The Kier molecular flexibility index (Phi) is 6.92. The molecule has 10 nitrogen and oxygen atoms in total. The van der Waals surface area contributed by atoms with Gasteiger partial charge in [-0.05, 0) is 24.3 Å². The summed E-state index contributed by atoms with van der Waals surface area (Å²) in [6.07, 6.45) is -1.74. The van der Waals surface area contributed by atoms with Crippen molar-refractivity contribution in [2.75, 3.05) is 18.2 Å². The number of methoxy groups -OCH3 is 1. The highest BCUT2D eigenvalue weighted by atomic mass is 32.2. The lowest BCUT2D eigenvalue weighted by atomic mass is 10.2. The van der Waals surface area contributed by atoms with E-state index < -0.39 is 23.6 Å². The average Bonchev–Trinajstić information content (AvgIpc) is 3.13. The number of anilines is 1. The molecule has 0 saturated heterocycles. The number of benzene rings is 1. The van der Waals surface area contributed by atoms with Gasteiger partial charge in [0.05, 0.1) is 23.9 Å². The van der Waals surface area contributed by atoms with Crippen molar-refractivity contribution in [3.8, 4) is 17.1 Å². The van der Waals surface area contributed by atoms with E-state index in [1.54, 1.807) is 0 Å². The van der Waals surface area contributed by atoms with Gasteiger partial charge < -0.3 is 10.1 Å². The van der Waals surface area contributed by atoms with Crippen LogP contribution in [0.1, 0.15) is 0 Å². The number of nitro benzene ring substituents is 1. The molecule has 0 unspecified atom stereocenters. The summed E-state index contributed by atoms with van der Waals surface area (Å²) in [4.78, 5) is 26.7. The van der Waals surface area contributed by atoms with Gasteiger partial charge >= 0.3 is 6.18 Å². The minimum atomic E-state index is -4.55. The maximum absolute atomic E-state index is 13.1. The zero-order valence-corrected chi connectivity index (χ0v) is 17.2. The SMILES string of the molecule is COc1ccc(NC(=O)CSc2nnc(-c3ccncc3)n2CC(F)(F)F)c([N+](=O)[O-])c1. The number of alkyl halides is 3. The summed E-state index contributed by atoms with van der Waals surface area (Å²) in [7, 11) is 1.34. The summed E-state index contributed by atoms with van der Waals surface area (Å²) in [6, 6.07) is 6.84. The fourth-order valence-electron chi connectivity index (χ4n) is 2.64. The standard InChI is InChI=1S/C18H15F3N6O4S/c1-31-12-2-3-13(14(8-12)27(29)30)23-15(28)9-32-17-25-24-16(11-4-6-22-7-5-11)26(17)10-18(19,20)21/h2-8H,9-10H2,1H3,(H,23,28). The highest BCUT2D eigenvalue weighted by Gasteiger charge is 2.31. The van der Waals surface area contributed by atoms with Crippen molar-refractivity contribution < 1.29 is 27.6 Å². The number of nitro groups is 1. The lowest BCUT2D eigenvalue weighted by Gasteiger charge is -2.12. The number of carbonyl (C=O) groups excluding carboxylic acids is 1. The van der Waals surface area contributed by atoms with E-state index in [-0.39, 0.29) is 33.9 Å². The van der Waals surface area contributed by atoms with Gasteiger partial charge in [-0.25, -0.2) is 0 Å². The van der Waals surface area contributed by atoms with Crippen LogP contribution < -0.4 is 10.1 Å². The lowest BCUT2D eigenvalue weighted by Crippen LogP contribution is -2.20. The molecule has 32 heavy (non-hydrogen) atoms. The van der Waals surface area contributed by atoms with Gasteiger partial charge in [0.15, 0.2) is 11.0 Å². The van der Waals surface area contributed by atoms with Crippen LogP contribution in [0, 0.1) is 10.1 Å². The van der Waals surface area contributed by atoms with Gasteiger partial charge in [0.25, 0.3) is 5.69 Å². The highest BCUT2D eigenvalue weighted by Crippen LogP contribution is 2.30. The number of hydrogen-bond acceptors (Lipinski definition) is 8. The number of hydrogen-bond donors (Lipinski definition) is 1. The van der Waals surface area contributed by atoms with Crippen molar-refractivity contribution in [1.82, 2.24) is 19.7 Å². The Morgan fingerprint density at radius 1 is 1.25 bits per heavy atom. The molecule has 3 aromatic rings. The number of rotatable bonds is 8. The van der Waals surface area contributed by atoms with Crippen molar-refractivity contribution in [3.05, 3.63) is 52.8 Å². The Morgan fingerprint density at radius 3 is 2.59 bits per heavy atom. The summed E-state index contributed by atoms with van der Waals surface area (Å²) in [6.45, 7) is -1.36. The molecule has 0 aliphatic rings.